The maximum atomic E-state index is 13.1. The summed E-state index contributed by atoms with van der Waals surface area (Å²) in [7, 11) is 0. The van der Waals surface area contributed by atoms with Gasteiger partial charge in [-0.15, -0.1) is 11.3 Å². The van der Waals surface area contributed by atoms with E-state index in [9.17, 15) is 9.18 Å². The highest BCUT2D eigenvalue weighted by molar-refractivity contribution is 7.16. The van der Waals surface area contributed by atoms with Crippen molar-refractivity contribution in [2.45, 2.75) is 6.42 Å². The van der Waals surface area contributed by atoms with Crippen molar-refractivity contribution >= 4 is 34.5 Å². The van der Waals surface area contributed by atoms with E-state index in [0.717, 1.165) is 15.3 Å². The molecular formula is C13H12ClFN2OS. The second-order valence-corrected chi connectivity index (χ2v) is 5.78. The van der Waals surface area contributed by atoms with Gasteiger partial charge in [-0.05, 0) is 36.8 Å². The first kappa shape index (κ1) is 13.8. The van der Waals surface area contributed by atoms with Crippen molar-refractivity contribution in [3.05, 3.63) is 50.9 Å². The van der Waals surface area contributed by atoms with E-state index in [1.165, 1.54) is 23.5 Å². The molecule has 100 valence electrons. The number of carbonyl (C=O) groups excluding carboxylic acids is 1. The van der Waals surface area contributed by atoms with Crippen LogP contribution in [-0.4, -0.2) is 12.5 Å². The van der Waals surface area contributed by atoms with Crippen molar-refractivity contribution in [2.24, 2.45) is 0 Å². The molecule has 0 atom stereocenters. The molecule has 0 fully saturated rings. The zero-order valence-electron chi connectivity index (χ0n) is 9.95. The van der Waals surface area contributed by atoms with Gasteiger partial charge in [0.05, 0.1) is 4.34 Å². The summed E-state index contributed by atoms with van der Waals surface area (Å²) >= 11 is 7.28. The zero-order chi connectivity index (χ0) is 13.8. The van der Waals surface area contributed by atoms with Crippen LogP contribution in [0.5, 0.6) is 0 Å². The zero-order valence-corrected chi connectivity index (χ0v) is 11.5. The first-order valence-electron chi connectivity index (χ1n) is 5.63. The fourth-order valence-corrected chi connectivity index (χ4v) is 2.72. The topological polar surface area (TPSA) is 55.1 Å². The summed E-state index contributed by atoms with van der Waals surface area (Å²) in [6.45, 7) is 0.464. The number of carbonyl (C=O) groups is 1. The van der Waals surface area contributed by atoms with Crippen molar-refractivity contribution in [3.63, 3.8) is 0 Å². The van der Waals surface area contributed by atoms with Gasteiger partial charge in [0.2, 0.25) is 0 Å². The van der Waals surface area contributed by atoms with Gasteiger partial charge in [-0.1, -0.05) is 11.6 Å². The molecule has 0 unspecified atom stereocenters. The normalized spacial score (nSPS) is 10.4. The van der Waals surface area contributed by atoms with E-state index in [1.54, 1.807) is 0 Å². The first-order valence-corrected chi connectivity index (χ1v) is 6.82. The Kier molecular flexibility index (Phi) is 4.39. The molecule has 0 aliphatic rings. The van der Waals surface area contributed by atoms with Crippen molar-refractivity contribution in [2.75, 3.05) is 12.3 Å². The van der Waals surface area contributed by atoms with Crippen LogP contribution in [0.2, 0.25) is 4.34 Å². The molecular weight excluding hydrogens is 287 g/mol. The summed E-state index contributed by atoms with van der Waals surface area (Å²) in [5.41, 5.74) is 5.94. The third-order valence-electron chi connectivity index (χ3n) is 2.47. The van der Waals surface area contributed by atoms with Crippen LogP contribution in [0.4, 0.5) is 10.1 Å². The van der Waals surface area contributed by atoms with Gasteiger partial charge in [0.15, 0.2) is 0 Å². The molecule has 3 nitrogen and oxygen atoms in total. The van der Waals surface area contributed by atoms with Gasteiger partial charge >= 0.3 is 0 Å². The number of thiophene rings is 1. The molecule has 1 heterocycles. The van der Waals surface area contributed by atoms with Crippen LogP contribution in [0.3, 0.4) is 0 Å². The lowest BCUT2D eigenvalue weighted by Gasteiger charge is -2.05. The van der Waals surface area contributed by atoms with E-state index in [1.807, 2.05) is 12.1 Å². The van der Waals surface area contributed by atoms with Gasteiger partial charge in [0.25, 0.3) is 5.91 Å². The molecule has 0 aliphatic carbocycles. The fraction of sp³-hybridized carbons (Fsp3) is 0.154. The fourth-order valence-electron chi connectivity index (χ4n) is 1.63. The Morgan fingerprint density at radius 2 is 2.16 bits per heavy atom. The predicted octanol–water partition coefficient (Wildman–Crippen LogP) is 3.10. The minimum absolute atomic E-state index is 0.224. The molecule has 19 heavy (non-hydrogen) atoms. The number of hydrogen-bond donors (Lipinski definition) is 2. The minimum Gasteiger partial charge on any atom is -0.399 e. The highest BCUT2D eigenvalue weighted by Gasteiger charge is 2.08. The number of anilines is 1. The molecule has 3 N–H and O–H groups in total. The Labute approximate surface area is 119 Å². The van der Waals surface area contributed by atoms with Gasteiger partial charge in [-0.2, -0.15) is 0 Å². The van der Waals surface area contributed by atoms with Crippen LogP contribution in [0.1, 0.15) is 15.2 Å². The number of amides is 1. The van der Waals surface area contributed by atoms with Crippen molar-refractivity contribution in [1.29, 1.82) is 0 Å². The highest BCUT2D eigenvalue weighted by atomic mass is 35.5. The van der Waals surface area contributed by atoms with Crippen LogP contribution in [0.25, 0.3) is 0 Å². The van der Waals surface area contributed by atoms with Crippen LogP contribution < -0.4 is 11.1 Å². The molecule has 0 radical (unpaired) electrons. The lowest BCUT2D eigenvalue weighted by atomic mass is 10.2. The van der Waals surface area contributed by atoms with E-state index < -0.39 is 5.82 Å². The molecule has 2 rings (SSSR count). The van der Waals surface area contributed by atoms with E-state index >= 15 is 0 Å². The number of hydrogen-bond acceptors (Lipinski definition) is 3. The maximum absolute atomic E-state index is 13.1. The highest BCUT2D eigenvalue weighted by Crippen LogP contribution is 2.21. The number of halogens is 2. The van der Waals surface area contributed by atoms with E-state index in [-0.39, 0.29) is 17.2 Å². The number of nitrogens with two attached hydrogens (primary N) is 1. The van der Waals surface area contributed by atoms with E-state index in [0.29, 0.717) is 13.0 Å². The molecule has 0 bridgehead atoms. The Hall–Kier alpha value is -1.59. The Bertz CT molecular complexity index is 580. The number of nitrogen functional groups attached to an aromatic ring is 1. The Morgan fingerprint density at radius 3 is 2.79 bits per heavy atom. The average molecular weight is 299 g/mol. The lowest BCUT2D eigenvalue weighted by Crippen LogP contribution is -2.25. The van der Waals surface area contributed by atoms with Crippen molar-refractivity contribution in [1.82, 2.24) is 5.32 Å². The minimum atomic E-state index is -0.518. The van der Waals surface area contributed by atoms with E-state index in [2.05, 4.69) is 5.32 Å². The molecule has 1 aromatic heterocycles. The summed E-state index contributed by atoms with van der Waals surface area (Å²) in [6.07, 6.45) is 0.688. The standard InChI is InChI=1S/C13H12ClFN2OS/c14-12-2-1-11(19-12)3-4-17-13(18)8-5-9(15)7-10(16)6-8/h1-2,5-7H,3-4,16H2,(H,17,18). The largest absolute Gasteiger partial charge is 0.399 e. The van der Waals surface area contributed by atoms with Crippen molar-refractivity contribution < 1.29 is 9.18 Å². The van der Waals surface area contributed by atoms with Crippen LogP contribution in [0, 0.1) is 5.82 Å². The first-order chi connectivity index (χ1) is 9.04. The number of benzene rings is 1. The Morgan fingerprint density at radius 1 is 1.37 bits per heavy atom. The average Bonchev–Trinajstić information content (AvgIpc) is 2.73. The third-order valence-corrected chi connectivity index (χ3v) is 3.76. The van der Waals surface area contributed by atoms with Crippen LogP contribution in [-0.2, 0) is 6.42 Å². The predicted molar refractivity (Wildman–Crippen MR) is 76.2 cm³/mol. The molecule has 0 spiro atoms. The number of nitrogens with one attached hydrogen (secondary N) is 1. The molecule has 0 aliphatic heterocycles. The van der Waals surface area contributed by atoms with E-state index in [4.69, 9.17) is 17.3 Å². The number of rotatable bonds is 4. The lowest BCUT2D eigenvalue weighted by molar-refractivity contribution is 0.0954. The smallest absolute Gasteiger partial charge is 0.251 e. The second-order valence-electron chi connectivity index (χ2n) is 3.98. The SMILES string of the molecule is Nc1cc(F)cc(C(=O)NCCc2ccc(Cl)s2)c1. The van der Waals surface area contributed by atoms with Gasteiger partial charge in [-0.3, -0.25) is 4.79 Å². The molecule has 6 heteroatoms. The summed E-state index contributed by atoms with van der Waals surface area (Å²) < 4.78 is 13.8. The summed E-state index contributed by atoms with van der Waals surface area (Å²) in [6, 6.07) is 7.51. The van der Waals surface area contributed by atoms with Crippen molar-refractivity contribution in [3.8, 4) is 0 Å². The van der Waals surface area contributed by atoms with Crippen LogP contribution in [0.15, 0.2) is 30.3 Å². The van der Waals surface area contributed by atoms with Gasteiger partial charge in [0, 0.05) is 22.7 Å². The maximum Gasteiger partial charge on any atom is 0.251 e. The summed E-state index contributed by atoms with van der Waals surface area (Å²) in [5.74, 6) is -0.857. The molecule has 1 aromatic carbocycles. The summed E-state index contributed by atoms with van der Waals surface area (Å²) in [4.78, 5) is 12.9. The second kappa shape index (κ2) is 6.04. The monoisotopic (exact) mass is 298 g/mol. The third kappa shape index (κ3) is 3.94. The molecule has 0 saturated heterocycles. The molecule has 2 aromatic rings. The van der Waals surface area contributed by atoms with Crippen LogP contribution >= 0.6 is 22.9 Å². The quantitative estimate of drug-likeness (QED) is 0.852. The molecule has 0 saturated carbocycles. The molecule has 1 amide bonds. The van der Waals surface area contributed by atoms with Gasteiger partial charge in [0.1, 0.15) is 5.82 Å². The Balaban J connectivity index is 1.90. The van der Waals surface area contributed by atoms with Gasteiger partial charge < -0.3 is 11.1 Å². The summed E-state index contributed by atoms with van der Waals surface area (Å²) in [5, 5.41) is 2.71. The van der Waals surface area contributed by atoms with Gasteiger partial charge in [-0.25, -0.2) is 4.39 Å².